The monoisotopic (exact) mass is 339 g/mol. The van der Waals surface area contributed by atoms with Gasteiger partial charge in [0.2, 0.25) is 0 Å². The van der Waals surface area contributed by atoms with Gasteiger partial charge in [0.1, 0.15) is 5.75 Å². The molecule has 0 aromatic heterocycles. The van der Waals surface area contributed by atoms with E-state index in [2.05, 4.69) is 21.2 Å². The lowest BCUT2D eigenvalue weighted by Crippen LogP contribution is -2.30. The molecule has 0 aliphatic heterocycles. The second-order valence-corrected chi connectivity index (χ2v) is 5.31. The smallest absolute Gasteiger partial charge is 0.328 e. The van der Waals surface area contributed by atoms with Gasteiger partial charge in [0.25, 0.3) is 5.91 Å². The first-order valence-electron chi connectivity index (χ1n) is 6.18. The number of carbonyl (C=O) groups is 2. The molecular weight excluding hydrogens is 326 g/mol. The van der Waals surface area contributed by atoms with E-state index >= 15 is 0 Å². The molecule has 0 saturated heterocycles. The molecule has 1 aromatic carbocycles. The molecule has 1 aliphatic rings. The summed E-state index contributed by atoms with van der Waals surface area (Å²) in [5.74, 6) is -0.755. The molecule has 0 bridgehead atoms. The summed E-state index contributed by atoms with van der Waals surface area (Å²) in [7, 11) is 0. The van der Waals surface area contributed by atoms with Crippen LogP contribution in [0.1, 0.15) is 18.4 Å². The molecule has 1 amide bonds. The minimum absolute atomic E-state index is 0.0903. The molecule has 0 radical (unpaired) electrons. The highest BCUT2D eigenvalue weighted by Gasteiger charge is 2.23. The summed E-state index contributed by atoms with van der Waals surface area (Å²) >= 11 is 3.33. The maximum atomic E-state index is 11.6. The van der Waals surface area contributed by atoms with Gasteiger partial charge in [-0.05, 0) is 40.9 Å². The van der Waals surface area contributed by atoms with Crippen molar-refractivity contribution in [2.45, 2.75) is 18.9 Å². The van der Waals surface area contributed by atoms with Crippen LogP contribution < -0.4 is 10.1 Å². The summed E-state index contributed by atoms with van der Waals surface area (Å²) in [5, 5.41) is 11.5. The van der Waals surface area contributed by atoms with E-state index in [9.17, 15) is 9.59 Å². The zero-order chi connectivity index (χ0) is 14.5. The number of nitrogens with one attached hydrogen (secondary N) is 1. The Hall–Kier alpha value is -1.82. The van der Waals surface area contributed by atoms with Crippen molar-refractivity contribution in [2.24, 2.45) is 0 Å². The summed E-state index contributed by atoms with van der Waals surface area (Å²) in [6.07, 6.45) is 4.50. The third-order valence-electron chi connectivity index (χ3n) is 2.69. The first-order valence-corrected chi connectivity index (χ1v) is 6.97. The van der Waals surface area contributed by atoms with E-state index in [-0.39, 0.29) is 18.6 Å². The zero-order valence-corrected chi connectivity index (χ0v) is 12.2. The van der Waals surface area contributed by atoms with Crippen LogP contribution in [0.15, 0.2) is 28.7 Å². The second kappa shape index (κ2) is 6.56. The van der Waals surface area contributed by atoms with Gasteiger partial charge in [-0.15, -0.1) is 0 Å². The van der Waals surface area contributed by atoms with E-state index in [0.29, 0.717) is 15.8 Å². The summed E-state index contributed by atoms with van der Waals surface area (Å²) in [4.78, 5) is 22.2. The molecule has 2 rings (SSSR count). The molecule has 1 fully saturated rings. The molecule has 1 aromatic rings. The molecule has 1 saturated carbocycles. The van der Waals surface area contributed by atoms with Crippen molar-refractivity contribution in [2.75, 3.05) is 6.61 Å². The number of hydrogen-bond acceptors (Lipinski definition) is 3. The Morgan fingerprint density at radius 1 is 1.45 bits per heavy atom. The van der Waals surface area contributed by atoms with Crippen LogP contribution in [0.2, 0.25) is 0 Å². The molecule has 2 N–H and O–H groups in total. The van der Waals surface area contributed by atoms with Crippen LogP contribution in [0.5, 0.6) is 5.75 Å². The van der Waals surface area contributed by atoms with Gasteiger partial charge in [0.15, 0.2) is 6.61 Å². The van der Waals surface area contributed by atoms with E-state index in [1.165, 1.54) is 6.08 Å². The van der Waals surface area contributed by atoms with Crippen molar-refractivity contribution in [3.63, 3.8) is 0 Å². The Balaban J connectivity index is 2.04. The van der Waals surface area contributed by atoms with E-state index in [1.54, 1.807) is 18.2 Å². The Morgan fingerprint density at radius 3 is 2.85 bits per heavy atom. The van der Waals surface area contributed by atoms with Crippen LogP contribution in [0.4, 0.5) is 0 Å². The fraction of sp³-hybridized carbons (Fsp3) is 0.286. The average molecular weight is 340 g/mol. The molecular formula is C14H14BrNO4. The number of rotatable bonds is 6. The number of hydrogen-bond donors (Lipinski definition) is 2. The van der Waals surface area contributed by atoms with Gasteiger partial charge in [-0.2, -0.15) is 0 Å². The van der Waals surface area contributed by atoms with Gasteiger partial charge >= 0.3 is 5.97 Å². The van der Waals surface area contributed by atoms with Crippen molar-refractivity contribution < 1.29 is 19.4 Å². The van der Waals surface area contributed by atoms with Gasteiger partial charge in [-0.3, -0.25) is 4.79 Å². The number of aliphatic carboxylic acids is 1. The predicted molar refractivity (Wildman–Crippen MR) is 77.5 cm³/mol. The van der Waals surface area contributed by atoms with Crippen LogP contribution in [-0.4, -0.2) is 29.6 Å². The Bertz CT molecular complexity index is 552. The fourth-order valence-corrected chi connectivity index (χ4v) is 2.10. The van der Waals surface area contributed by atoms with Crippen LogP contribution in [0, 0.1) is 0 Å². The van der Waals surface area contributed by atoms with E-state index in [4.69, 9.17) is 9.84 Å². The average Bonchev–Trinajstić information content (AvgIpc) is 3.19. The lowest BCUT2D eigenvalue weighted by Gasteiger charge is -2.11. The lowest BCUT2D eigenvalue weighted by molar-refractivity contribution is -0.131. The highest BCUT2D eigenvalue weighted by atomic mass is 79.9. The molecule has 0 heterocycles. The Morgan fingerprint density at radius 2 is 2.20 bits per heavy atom. The van der Waals surface area contributed by atoms with Crippen molar-refractivity contribution >= 4 is 33.9 Å². The minimum atomic E-state index is -1.04. The third-order valence-corrected chi connectivity index (χ3v) is 3.32. The first-order chi connectivity index (χ1) is 9.56. The number of para-hydroxylation sites is 1. The second-order valence-electron chi connectivity index (χ2n) is 4.46. The fourth-order valence-electron chi connectivity index (χ4n) is 1.60. The van der Waals surface area contributed by atoms with Gasteiger partial charge in [-0.1, -0.05) is 12.1 Å². The van der Waals surface area contributed by atoms with Crippen LogP contribution in [0.25, 0.3) is 6.08 Å². The van der Waals surface area contributed by atoms with Crippen molar-refractivity contribution in [1.29, 1.82) is 0 Å². The normalized spacial score (nSPS) is 14.2. The molecule has 106 valence electrons. The highest BCUT2D eigenvalue weighted by Crippen LogP contribution is 2.30. The van der Waals surface area contributed by atoms with Crippen molar-refractivity contribution in [3.05, 3.63) is 34.3 Å². The first kappa shape index (κ1) is 14.6. The number of amides is 1. The SMILES string of the molecule is O=C(O)C=Cc1cccc(Br)c1OCC(=O)NC1CC1. The van der Waals surface area contributed by atoms with Gasteiger partial charge in [0, 0.05) is 17.7 Å². The topological polar surface area (TPSA) is 75.6 Å². The molecule has 0 unspecified atom stereocenters. The number of carboxylic acids is 1. The third kappa shape index (κ3) is 4.38. The Labute approximate surface area is 124 Å². The number of carbonyl (C=O) groups excluding carboxylic acids is 1. The molecule has 20 heavy (non-hydrogen) atoms. The summed E-state index contributed by atoms with van der Waals surface area (Å²) in [6, 6.07) is 5.55. The number of halogens is 1. The molecule has 0 atom stereocenters. The largest absolute Gasteiger partial charge is 0.482 e. The number of carboxylic acid groups (broad SMARTS) is 1. The summed E-state index contributed by atoms with van der Waals surface area (Å²) in [6.45, 7) is -0.0903. The molecule has 5 nitrogen and oxygen atoms in total. The summed E-state index contributed by atoms with van der Waals surface area (Å²) < 4.78 is 6.16. The molecule has 0 spiro atoms. The lowest BCUT2D eigenvalue weighted by atomic mass is 10.2. The Kier molecular flexibility index (Phi) is 4.79. The maximum Gasteiger partial charge on any atom is 0.328 e. The number of ether oxygens (including phenoxy) is 1. The number of benzene rings is 1. The predicted octanol–water partition coefficient (Wildman–Crippen LogP) is 2.20. The van der Waals surface area contributed by atoms with Gasteiger partial charge in [-0.25, -0.2) is 4.79 Å². The standard InChI is InChI=1S/C14H14BrNO4/c15-11-3-1-2-9(4-7-13(18)19)14(11)20-8-12(17)16-10-5-6-10/h1-4,7,10H,5-6,8H2,(H,16,17)(H,18,19). The molecule has 6 heteroatoms. The quantitative estimate of drug-likeness (QED) is 0.779. The van der Waals surface area contributed by atoms with Crippen LogP contribution in [-0.2, 0) is 9.59 Å². The van der Waals surface area contributed by atoms with Gasteiger partial charge in [0.05, 0.1) is 4.47 Å². The molecule has 1 aliphatic carbocycles. The minimum Gasteiger partial charge on any atom is -0.482 e. The van der Waals surface area contributed by atoms with Gasteiger partial charge < -0.3 is 15.2 Å². The van der Waals surface area contributed by atoms with E-state index < -0.39 is 5.97 Å². The van der Waals surface area contributed by atoms with E-state index in [1.807, 2.05) is 0 Å². The highest BCUT2D eigenvalue weighted by molar-refractivity contribution is 9.10. The summed E-state index contributed by atoms with van der Waals surface area (Å²) in [5.41, 5.74) is 0.598. The van der Waals surface area contributed by atoms with Crippen molar-refractivity contribution in [3.8, 4) is 5.75 Å². The maximum absolute atomic E-state index is 11.6. The van der Waals surface area contributed by atoms with E-state index in [0.717, 1.165) is 18.9 Å². The van der Waals surface area contributed by atoms with Crippen molar-refractivity contribution in [1.82, 2.24) is 5.32 Å². The van der Waals surface area contributed by atoms with Crippen LogP contribution in [0.3, 0.4) is 0 Å². The van der Waals surface area contributed by atoms with Crippen LogP contribution >= 0.6 is 15.9 Å². The zero-order valence-electron chi connectivity index (χ0n) is 10.6.